The average Bonchev–Trinajstić information content (AvgIpc) is 3.29. The average molecular weight is 355 g/mol. The smallest absolute Gasteiger partial charge is 0.226 e. The lowest BCUT2D eigenvalue weighted by Gasteiger charge is -2.20. The predicted molar refractivity (Wildman–Crippen MR) is 97.6 cm³/mol. The quantitative estimate of drug-likeness (QED) is 0.693. The first-order chi connectivity index (χ1) is 12.7. The van der Waals surface area contributed by atoms with Gasteiger partial charge in [-0.15, -0.1) is 0 Å². The molecule has 0 spiro atoms. The van der Waals surface area contributed by atoms with Crippen molar-refractivity contribution in [2.24, 2.45) is 0 Å². The van der Waals surface area contributed by atoms with Gasteiger partial charge in [-0.1, -0.05) is 0 Å². The molecule has 1 N–H and O–H groups in total. The van der Waals surface area contributed by atoms with Crippen molar-refractivity contribution in [2.75, 3.05) is 49.4 Å². The second-order valence-electron chi connectivity index (χ2n) is 6.36. The van der Waals surface area contributed by atoms with Crippen LogP contribution in [0.1, 0.15) is 0 Å². The van der Waals surface area contributed by atoms with Gasteiger partial charge >= 0.3 is 0 Å². The molecule has 0 radical (unpaired) electrons. The maximum atomic E-state index is 5.70. The van der Waals surface area contributed by atoms with Crippen molar-refractivity contribution in [3.8, 4) is 0 Å². The van der Waals surface area contributed by atoms with E-state index in [1.54, 1.807) is 30.2 Å². The van der Waals surface area contributed by atoms with Crippen LogP contribution >= 0.6 is 0 Å². The minimum atomic E-state index is 0.00606. The Hall–Kier alpha value is -3.01. The van der Waals surface area contributed by atoms with E-state index in [4.69, 9.17) is 4.74 Å². The van der Waals surface area contributed by atoms with Crippen LogP contribution in [-0.2, 0) is 4.74 Å². The van der Waals surface area contributed by atoms with Crippen molar-refractivity contribution in [3.63, 3.8) is 0 Å². The topological polar surface area (TPSA) is 96.6 Å². The first-order valence-corrected chi connectivity index (χ1v) is 8.34. The number of nitrogens with zero attached hydrogens (tertiary/aromatic N) is 8. The van der Waals surface area contributed by atoms with E-state index in [0.29, 0.717) is 11.6 Å². The highest BCUT2D eigenvalue weighted by Crippen LogP contribution is 2.23. The number of aromatic nitrogens is 6. The molecule has 2 atom stereocenters. The summed E-state index contributed by atoms with van der Waals surface area (Å²) in [5.74, 6) is 2.35. The minimum Gasteiger partial charge on any atom is -0.377 e. The third-order valence-electron chi connectivity index (χ3n) is 4.44. The molecule has 0 unspecified atom stereocenters. The van der Waals surface area contributed by atoms with E-state index < -0.39 is 0 Å². The molecule has 0 bridgehead atoms. The molecule has 4 heterocycles. The van der Waals surface area contributed by atoms with Crippen molar-refractivity contribution >= 4 is 23.2 Å². The van der Waals surface area contributed by atoms with E-state index in [2.05, 4.69) is 35.3 Å². The molecule has 3 aromatic heterocycles. The van der Waals surface area contributed by atoms with Gasteiger partial charge in [0.05, 0.1) is 24.5 Å². The largest absolute Gasteiger partial charge is 0.377 e. The number of ether oxygens (including phenoxy) is 1. The molecule has 0 aliphatic carbocycles. The highest BCUT2D eigenvalue weighted by molar-refractivity contribution is 5.49. The zero-order valence-corrected chi connectivity index (χ0v) is 14.9. The summed E-state index contributed by atoms with van der Waals surface area (Å²) in [7, 11) is 5.58. The molecular weight excluding hydrogens is 334 g/mol. The van der Waals surface area contributed by atoms with E-state index in [1.807, 2.05) is 25.1 Å². The molecule has 0 saturated carbocycles. The number of rotatable bonds is 5. The third-order valence-corrected chi connectivity index (χ3v) is 4.44. The van der Waals surface area contributed by atoms with Crippen molar-refractivity contribution in [2.45, 2.75) is 12.1 Å². The molecule has 136 valence electrons. The van der Waals surface area contributed by atoms with Crippen LogP contribution in [0.3, 0.4) is 0 Å². The summed E-state index contributed by atoms with van der Waals surface area (Å²) in [4.78, 5) is 21.4. The Morgan fingerprint density at radius 3 is 2.92 bits per heavy atom. The molecule has 26 heavy (non-hydrogen) atoms. The van der Waals surface area contributed by atoms with Gasteiger partial charge in [-0.05, 0) is 6.07 Å². The molecular formula is C16H21N9O. The van der Waals surface area contributed by atoms with Crippen molar-refractivity contribution < 1.29 is 4.74 Å². The van der Waals surface area contributed by atoms with Gasteiger partial charge < -0.3 is 19.9 Å². The van der Waals surface area contributed by atoms with Gasteiger partial charge in [0, 0.05) is 40.5 Å². The van der Waals surface area contributed by atoms with Crippen LogP contribution in [0.5, 0.6) is 0 Å². The Balaban J connectivity index is 1.56. The standard InChI is InChI=1S/C16H21N9O/c1-23(2)16-18-5-4-13(22-16)24-8-11(12(9-24)26-3)21-15-7-17-6-14-19-10-20-25(14)15/h4-7,10-12,21H,8-9H2,1-3H3/t11-,12+/m0/s1. The van der Waals surface area contributed by atoms with Gasteiger partial charge in [0.1, 0.15) is 18.0 Å². The number of anilines is 3. The van der Waals surface area contributed by atoms with Gasteiger partial charge in [0.15, 0.2) is 5.65 Å². The lowest BCUT2D eigenvalue weighted by molar-refractivity contribution is 0.113. The molecule has 1 fully saturated rings. The number of hydrogen-bond donors (Lipinski definition) is 1. The lowest BCUT2D eigenvalue weighted by atomic mass is 10.2. The normalized spacial score (nSPS) is 19.9. The number of hydrogen-bond acceptors (Lipinski definition) is 9. The molecule has 1 aliphatic rings. The first kappa shape index (κ1) is 16.5. The Bertz CT molecular complexity index is 896. The van der Waals surface area contributed by atoms with Crippen LogP contribution in [0.25, 0.3) is 5.65 Å². The van der Waals surface area contributed by atoms with Crippen LogP contribution < -0.4 is 15.1 Å². The summed E-state index contributed by atoms with van der Waals surface area (Å²) in [5.41, 5.74) is 0.699. The third kappa shape index (κ3) is 2.99. The molecule has 0 aromatic carbocycles. The fourth-order valence-electron chi connectivity index (χ4n) is 3.11. The summed E-state index contributed by atoms with van der Waals surface area (Å²) < 4.78 is 7.43. The lowest BCUT2D eigenvalue weighted by Crippen LogP contribution is -2.34. The fourth-order valence-corrected chi connectivity index (χ4v) is 3.11. The van der Waals surface area contributed by atoms with Gasteiger partial charge in [0.25, 0.3) is 0 Å². The fraction of sp³-hybridized carbons (Fsp3) is 0.438. The molecule has 3 aromatic rings. The summed E-state index contributed by atoms with van der Waals surface area (Å²) in [6, 6.07) is 1.98. The molecule has 1 saturated heterocycles. The maximum absolute atomic E-state index is 5.70. The van der Waals surface area contributed by atoms with E-state index in [9.17, 15) is 0 Å². The molecule has 4 rings (SSSR count). The van der Waals surface area contributed by atoms with Gasteiger partial charge in [-0.3, -0.25) is 4.98 Å². The van der Waals surface area contributed by atoms with Gasteiger partial charge in [-0.2, -0.15) is 14.6 Å². The SMILES string of the molecule is CO[C@@H]1CN(c2ccnc(N(C)C)n2)C[C@@H]1Nc1cncc2ncnn12. The van der Waals surface area contributed by atoms with E-state index in [0.717, 1.165) is 24.7 Å². The number of methoxy groups -OCH3 is 1. The number of nitrogens with one attached hydrogen (secondary N) is 1. The summed E-state index contributed by atoms with van der Waals surface area (Å²) in [5, 5.41) is 7.73. The zero-order chi connectivity index (χ0) is 18.1. The Labute approximate surface area is 150 Å². The van der Waals surface area contributed by atoms with Crippen molar-refractivity contribution in [1.29, 1.82) is 0 Å². The van der Waals surface area contributed by atoms with Crippen molar-refractivity contribution in [1.82, 2.24) is 29.5 Å². The number of fused-ring (bicyclic) bond motifs is 1. The Morgan fingerprint density at radius 1 is 1.23 bits per heavy atom. The van der Waals surface area contributed by atoms with Crippen molar-refractivity contribution in [3.05, 3.63) is 31.0 Å². The molecule has 10 nitrogen and oxygen atoms in total. The predicted octanol–water partition coefficient (Wildman–Crippen LogP) is 0.296. The van der Waals surface area contributed by atoms with Crippen LogP contribution in [0.15, 0.2) is 31.0 Å². The van der Waals surface area contributed by atoms with E-state index in [1.165, 1.54) is 6.33 Å². The van der Waals surface area contributed by atoms with Crippen LogP contribution in [0.4, 0.5) is 17.6 Å². The Kier molecular flexibility index (Phi) is 4.25. The summed E-state index contributed by atoms with van der Waals surface area (Å²) >= 11 is 0. The highest BCUT2D eigenvalue weighted by atomic mass is 16.5. The zero-order valence-electron chi connectivity index (χ0n) is 14.9. The highest BCUT2D eigenvalue weighted by Gasteiger charge is 2.34. The van der Waals surface area contributed by atoms with Crippen LogP contribution in [0, 0.1) is 0 Å². The van der Waals surface area contributed by atoms with E-state index in [-0.39, 0.29) is 12.1 Å². The molecule has 0 amide bonds. The van der Waals surface area contributed by atoms with Gasteiger partial charge in [-0.25, -0.2) is 9.97 Å². The van der Waals surface area contributed by atoms with E-state index >= 15 is 0 Å². The van der Waals surface area contributed by atoms with Crippen LogP contribution in [-0.4, -0.2) is 76.0 Å². The van der Waals surface area contributed by atoms with Gasteiger partial charge in [0.2, 0.25) is 5.95 Å². The Morgan fingerprint density at radius 2 is 2.12 bits per heavy atom. The minimum absolute atomic E-state index is 0.00606. The maximum Gasteiger partial charge on any atom is 0.226 e. The second-order valence-corrected chi connectivity index (χ2v) is 6.36. The first-order valence-electron chi connectivity index (χ1n) is 8.34. The van der Waals surface area contributed by atoms with Crippen LogP contribution in [0.2, 0.25) is 0 Å². The molecule has 1 aliphatic heterocycles. The second kappa shape index (κ2) is 6.71. The monoisotopic (exact) mass is 355 g/mol. The summed E-state index contributed by atoms with van der Waals surface area (Å²) in [6.45, 7) is 1.48. The summed E-state index contributed by atoms with van der Waals surface area (Å²) in [6.07, 6.45) is 6.72. The molecule has 10 heteroatoms.